The molecule has 15 heavy (non-hydrogen) atoms. The summed E-state index contributed by atoms with van der Waals surface area (Å²) >= 11 is 0. The Morgan fingerprint density at radius 1 is 1.47 bits per heavy atom. The molecule has 0 saturated carbocycles. The number of amides is 2. The van der Waals surface area contributed by atoms with Gasteiger partial charge in [-0.05, 0) is 13.3 Å². The summed E-state index contributed by atoms with van der Waals surface area (Å²) < 4.78 is 0. The number of carboxylic acid groups (broad SMARTS) is 1. The fraction of sp³-hybridized carbons (Fsp3) is 0.556. The third-order valence-corrected chi connectivity index (χ3v) is 1.68. The van der Waals surface area contributed by atoms with Gasteiger partial charge in [-0.15, -0.1) is 6.58 Å². The molecule has 2 amide bonds. The Labute approximate surface area is 88.0 Å². The smallest absolute Gasteiger partial charge is 0.328 e. The van der Waals surface area contributed by atoms with Gasteiger partial charge in [-0.1, -0.05) is 6.08 Å². The summed E-state index contributed by atoms with van der Waals surface area (Å²) in [6.07, 6.45) is 2.23. The van der Waals surface area contributed by atoms with E-state index in [2.05, 4.69) is 17.2 Å². The maximum Gasteiger partial charge on any atom is 0.328 e. The standard InChI is InChI=1S/C9H16N2O4/c1-3-4-6(2)10-9(15)11-7(5-12)8(13)14/h3,6-7,12H,1,4-5H2,2H3,(H,13,14)(H2,10,11,15)/t6?,7-/m0/s1. The fourth-order valence-electron chi connectivity index (χ4n) is 0.918. The van der Waals surface area contributed by atoms with Gasteiger partial charge in [0.1, 0.15) is 0 Å². The molecule has 86 valence electrons. The highest BCUT2D eigenvalue weighted by Crippen LogP contribution is 1.90. The summed E-state index contributed by atoms with van der Waals surface area (Å²) in [5, 5.41) is 21.8. The van der Waals surface area contributed by atoms with Crippen LogP contribution in [0.2, 0.25) is 0 Å². The van der Waals surface area contributed by atoms with Gasteiger partial charge >= 0.3 is 12.0 Å². The SMILES string of the molecule is C=CCC(C)NC(=O)N[C@@H](CO)C(=O)O. The predicted molar refractivity (Wildman–Crippen MR) is 54.5 cm³/mol. The summed E-state index contributed by atoms with van der Waals surface area (Å²) in [6.45, 7) is 4.63. The Kier molecular flexibility index (Phi) is 6.12. The number of carbonyl (C=O) groups excluding carboxylic acids is 1. The molecule has 0 aliphatic carbocycles. The summed E-state index contributed by atoms with van der Waals surface area (Å²) in [5.41, 5.74) is 0. The van der Waals surface area contributed by atoms with Crippen LogP contribution in [0.1, 0.15) is 13.3 Å². The third kappa shape index (κ3) is 5.69. The van der Waals surface area contributed by atoms with Gasteiger partial charge in [-0.25, -0.2) is 9.59 Å². The second-order valence-electron chi connectivity index (χ2n) is 3.12. The van der Waals surface area contributed by atoms with E-state index >= 15 is 0 Å². The summed E-state index contributed by atoms with van der Waals surface area (Å²) in [5.74, 6) is -1.27. The first-order valence-electron chi connectivity index (χ1n) is 4.52. The van der Waals surface area contributed by atoms with Gasteiger partial charge in [0.25, 0.3) is 0 Å². The quantitative estimate of drug-likeness (QED) is 0.458. The third-order valence-electron chi connectivity index (χ3n) is 1.68. The second kappa shape index (κ2) is 6.83. The van der Waals surface area contributed by atoms with Crippen molar-refractivity contribution in [2.75, 3.05) is 6.61 Å². The maximum atomic E-state index is 11.2. The molecule has 0 aromatic rings. The Hall–Kier alpha value is -1.56. The number of rotatable bonds is 6. The first-order valence-corrected chi connectivity index (χ1v) is 4.52. The predicted octanol–water partition coefficient (Wildman–Crippen LogP) is -0.304. The number of aliphatic hydroxyl groups is 1. The van der Waals surface area contributed by atoms with E-state index in [0.29, 0.717) is 6.42 Å². The Morgan fingerprint density at radius 2 is 2.07 bits per heavy atom. The Morgan fingerprint density at radius 3 is 2.47 bits per heavy atom. The number of aliphatic hydroxyl groups excluding tert-OH is 1. The number of carboxylic acids is 1. The molecular weight excluding hydrogens is 200 g/mol. The summed E-state index contributed by atoms with van der Waals surface area (Å²) in [6, 6.07) is -2.03. The Bertz CT molecular complexity index is 242. The van der Waals surface area contributed by atoms with Crippen LogP contribution in [-0.4, -0.2) is 40.9 Å². The van der Waals surface area contributed by atoms with Crippen molar-refractivity contribution in [3.05, 3.63) is 12.7 Å². The highest BCUT2D eigenvalue weighted by Gasteiger charge is 2.18. The van der Waals surface area contributed by atoms with Crippen LogP contribution in [0.15, 0.2) is 12.7 Å². The summed E-state index contributed by atoms with van der Waals surface area (Å²) in [4.78, 5) is 21.6. The van der Waals surface area contributed by atoms with Crippen molar-refractivity contribution in [3.8, 4) is 0 Å². The van der Waals surface area contributed by atoms with Crippen molar-refractivity contribution in [1.82, 2.24) is 10.6 Å². The average Bonchev–Trinajstić information content (AvgIpc) is 2.13. The molecule has 4 N–H and O–H groups in total. The topological polar surface area (TPSA) is 98.7 Å². The zero-order valence-electron chi connectivity index (χ0n) is 8.56. The summed E-state index contributed by atoms with van der Waals surface area (Å²) in [7, 11) is 0. The van der Waals surface area contributed by atoms with Crippen LogP contribution >= 0.6 is 0 Å². The number of urea groups is 1. The number of carbonyl (C=O) groups is 2. The van der Waals surface area contributed by atoms with Gasteiger partial charge in [-0.2, -0.15) is 0 Å². The molecule has 0 aliphatic rings. The molecule has 2 atom stereocenters. The van der Waals surface area contributed by atoms with Gasteiger partial charge in [0.15, 0.2) is 6.04 Å². The van der Waals surface area contributed by atoms with Crippen LogP contribution in [0.4, 0.5) is 4.79 Å². The molecule has 6 nitrogen and oxygen atoms in total. The van der Waals surface area contributed by atoms with Crippen molar-refractivity contribution in [3.63, 3.8) is 0 Å². The van der Waals surface area contributed by atoms with E-state index in [9.17, 15) is 9.59 Å². The molecule has 0 rings (SSSR count). The van der Waals surface area contributed by atoms with Crippen molar-refractivity contribution in [2.45, 2.75) is 25.4 Å². The van der Waals surface area contributed by atoms with Gasteiger partial charge < -0.3 is 20.8 Å². The number of nitrogens with one attached hydrogen (secondary N) is 2. The number of hydrogen-bond donors (Lipinski definition) is 4. The largest absolute Gasteiger partial charge is 0.480 e. The van der Waals surface area contributed by atoms with E-state index in [4.69, 9.17) is 10.2 Å². The van der Waals surface area contributed by atoms with Crippen molar-refractivity contribution >= 4 is 12.0 Å². The van der Waals surface area contributed by atoms with Crippen molar-refractivity contribution in [2.24, 2.45) is 0 Å². The van der Waals surface area contributed by atoms with E-state index < -0.39 is 24.6 Å². The monoisotopic (exact) mass is 216 g/mol. The molecule has 0 aliphatic heterocycles. The molecule has 0 aromatic heterocycles. The molecule has 0 radical (unpaired) electrons. The lowest BCUT2D eigenvalue weighted by atomic mass is 10.2. The van der Waals surface area contributed by atoms with Gasteiger partial charge in [-0.3, -0.25) is 0 Å². The van der Waals surface area contributed by atoms with Crippen LogP contribution in [0.5, 0.6) is 0 Å². The van der Waals surface area contributed by atoms with E-state index in [1.54, 1.807) is 13.0 Å². The Balaban J connectivity index is 4.01. The highest BCUT2D eigenvalue weighted by atomic mass is 16.4. The fourth-order valence-corrected chi connectivity index (χ4v) is 0.918. The van der Waals surface area contributed by atoms with Gasteiger partial charge in [0, 0.05) is 6.04 Å². The van der Waals surface area contributed by atoms with Crippen molar-refractivity contribution < 1.29 is 19.8 Å². The van der Waals surface area contributed by atoms with Crippen LogP contribution < -0.4 is 10.6 Å². The minimum Gasteiger partial charge on any atom is -0.480 e. The van der Waals surface area contributed by atoms with Gasteiger partial charge in [0.2, 0.25) is 0 Å². The molecule has 6 heteroatoms. The van der Waals surface area contributed by atoms with E-state index in [1.807, 2.05) is 0 Å². The van der Waals surface area contributed by atoms with E-state index in [-0.39, 0.29) is 6.04 Å². The lowest BCUT2D eigenvalue weighted by molar-refractivity contribution is -0.140. The zero-order chi connectivity index (χ0) is 11.8. The lowest BCUT2D eigenvalue weighted by Gasteiger charge is -2.15. The van der Waals surface area contributed by atoms with Crippen LogP contribution in [0.25, 0.3) is 0 Å². The first-order chi connectivity index (χ1) is 7.01. The zero-order valence-corrected chi connectivity index (χ0v) is 8.56. The molecule has 0 saturated heterocycles. The molecular formula is C9H16N2O4. The number of aliphatic carboxylic acids is 1. The molecule has 0 heterocycles. The number of hydrogen-bond acceptors (Lipinski definition) is 3. The average molecular weight is 216 g/mol. The van der Waals surface area contributed by atoms with E-state index in [1.165, 1.54) is 0 Å². The first kappa shape index (κ1) is 13.4. The lowest BCUT2D eigenvalue weighted by Crippen LogP contribution is -2.49. The molecule has 0 fully saturated rings. The molecule has 0 bridgehead atoms. The maximum absolute atomic E-state index is 11.2. The molecule has 0 spiro atoms. The molecule has 0 aromatic carbocycles. The minimum atomic E-state index is -1.28. The van der Waals surface area contributed by atoms with Crippen LogP contribution in [0.3, 0.4) is 0 Å². The second-order valence-corrected chi connectivity index (χ2v) is 3.12. The van der Waals surface area contributed by atoms with Crippen LogP contribution in [0, 0.1) is 0 Å². The highest BCUT2D eigenvalue weighted by molar-refractivity contribution is 5.82. The normalized spacial score (nSPS) is 13.7. The van der Waals surface area contributed by atoms with E-state index in [0.717, 1.165) is 0 Å². The molecule has 1 unspecified atom stereocenters. The van der Waals surface area contributed by atoms with Crippen LogP contribution in [-0.2, 0) is 4.79 Å². The van der Waals surface area contributed by atoms with Gasteiger partial charge in [0.05, 0.1) is 6.61 Å². The van der Waals surface area contributed by atoms with Crippen molar-refractivity contribution in [1.29, 1.82) is 0 Å². The minimum absolute atomic E-state index is 0.129.